The number of aliphatic imine (C=N–C) groups is 1. The zero-order valence-corrected chi connectivity index (χ0v) is 7.97. The molecule has 0 saturated carbocycles. The second-order valence-corrected chi connectivity index (χ2v) is 3.68. The number of guanidine groups is 1. The first-order chi connectivity index (χ1) is 6.45. The largest absolute Gasteiger partial charge is 0.355 e. The molecule has 4 nitrogen and oxygen atoms in total. The summed E-state index contributed by atoms with van der Waals surface area (Å²) in [6.07, 6.45) is 3.74. The van der Waals surface area contributed by atoms with Crippen molar-refractivity contribution in [2.24, 2.45) is 4.99 Å². The van der Waals surface area contributed by atoms with Crippen LogP contribution in [0.2, 0.25) is 0 Å². The minimum absolute atomic E-state index is 0.611. The molecular formula is C9H18N4. The molecule has 0 bridgehead atoms. The van der Waals surface area contributed by atoms with Crippen molar-refractivity contribution in [2.75, 3.05) is 26.2 Å². The highest BCUT2D eigenvalue weighted by Crippen LogP contribution is 2.04. The zero-order valence-electron chi connectivity index (χ0n) is 7.97. The van der Waals surface area contributed by atoms with E-state index in [2.05, 4.69) is 20.9 Å². The maximum absolute atomic E-state index is 4.33. The summed E-state index contributed by atoms with van der Waals surface area (Å²) in [6.45, 7) is 4.21. The van der Waals surface area contributed by atoms with Crippen LogP contribution >= 0.6 is 0 Å². The van der Waals surface area contributed by atoms with Gasteiger partial charge < -0.3 is 16.0 Å². The lowest BCUT2D eigenvalue weighted by atomic mass is 10.1. The van der Waals surface area contributed by atoms with Crippen LogP contribution in [0.5, 0.6) is 0 Å². The van der Waals surface area contributed by atoms with Gasteiger partial charge in [0.1, 0.15) is 0 Å². The van der Waals surface area contributed by atoms with E-state index in [1.54, 1.807) is 0 Å². The first kappa shape index (κ1) is 8.81. The fourth-order valence-corrected chi connectivity index (χ4v) is 1.85. The maximum Gasteiger partial charge on any atom is 0.191 e. The molecule has 1 fully saturated rings. The molecule has 2 heterocycles. The van der Waals surface area contributed by atoms with E-state index in [-0.39, 0.29) is 0 Å². The molecule has 2 aliphatic rings. The number of rotatable bonds is 1. The summed E-state index contributed by atoms with van der Waals surface area (Å²) < 4.78 is 0. The summed E-state index contributed by atoms with van der Waals surface area (Å²) in [5.74, 6) is 1.01. The Hall–Kier alpha value is -0.770. The van der Waals surface area contributed by atoms with Gasteiger partial charge in [-0.15, -0.1) is 0 Å². The molecule has 13 heavy (non-hydrogen) atoms. The normalized spacial score (nSPS) is 28.9. The second kappa shape index (κ2) is 4.46. The molecule has 0 aliphatic carbocycles. The van der Waals surface area contributed by atoms with Crippen LogP contribution in [0.1, 0.15) is 19.3 Å². The highest BCUT2D eigenvalue weighted by atomic mass is 15.2. The third-order valence-corrected chi connectivity index (χ3v) is 2.59. The number of nitrogens with one attached hydrogen (secondary N) is 3. The predicted octanol–water partition coefficient (Wildman–Crippen LogP) is -0.323. The summed E-state index contributed by atoms with van der Waals surface area (Å²) in [6, 6.07) is 0.611. The van der Waals surface area contributed by atoms with Crippen LogP contribution in [0.4, 0.5) is 0 Å². The maximum atomic E-state index is 4.33. The first-order valence-electron chi connectivity index (χ1n) is 5.21. The Morgan fingerprint density at radius 1 is 1.23 bits per heavy atom. The van der Waals surface area contributed by atoms with E-state index < -0.39 is 0 Å². The summed E-state index contributed by atoms with van der Waals surface area (Å²) in [7, 11) is 0. The van der Waals surface area contributed by atoms with Crippen molar-refractivity contribution >= 4 is 5.96 Å². The van der Waals surface area contributed by atoms with E-state index in [0.29, 0.717) is 6.04 Å². The van der Waals surface area contributed by atoms with Gasteiger partial charge in [-0.2, -0.15) is 0 Å². The van der Waals surface area contributed by atoms with E-state index in [1.165, 1.54) is 19.3 Å². The molecule has 1 unspecified atom stereocenters. The van der Waals surface area contributed by atoms with Gasteiger partial charge in [-0.25, -0.2) is 0 Å². The SMILES string of the molecule is C1CNCCC(NC2=NCCN2)C1. The highest BCUT2D eigenvalue weighted by Gasteiger charge is 2.14. The van der Waals surface area contributed by atoms with Gasteiger partial charge >= 0.3 is 0 Å². The van der Waals surface area contributed by atoms with Crippen molar-refractivity contribution in [2.45, 2.75) is 25.3 Å². The molecule has 0 amide bonds. The van der Waals surface area contributed by atoms with Gasteiger partial charge in [-0.1, -0.05) is 0 Å². The molecule has 0 aromatic rings. The van der Waals surface area contributed by atoms with Crippen LogP contribution in [-0.4, -0.2) is 38.2 Å². The van der Waals surface area contributed by atoms with Gasteiger partial charge in [-0.3, -0.25) is 4.99 Å². The Bertz CT molecular complexity index is 182. The van der Waals surface area contributed by atoms with Crippen molar-refractivity contribution in [3.05, 3.63) is 0 Å². The average molecular weight is 182 g/mol. The second-order valence-electron chi connectivity index (χ2n) is 3.68. The average Bonchev–Trinajstić information content (AvgIpc) is 2.49. The number of hydrogen-bond donors (Lipinski definition) is 3. The highest BCUT2D eigenvalue weighted by molar-refractivity contribution is 5.81. The monoisotopic (exact) mass is 182 g/mol. The Balaban J connectivity index is 1.78. The molecule has 1 atom stereocenters. The molecule has 74 valence electrons. The molecule has 2 rings (SSSR count). The standard InChI is InChI=1S/C9H18N4/c1-2-8(3-5-10-4-1)13-9-11-6-7-12-9/h8,10H,1-7H2,(H2,11,12,13). The van der Waals surface area contributed by atoms with Gasteiger partial charge in [0.15, 0.2) is 5.96 Å². The lowest BCUT2D eigenvalue weighted by Gasteiger charge is -2.16. The molecule has 2 aliphatic heterocycles. The summed E-state index contributed by atoms with van der Waals surface area (Å²) in [5, 5.41) is 10.1. The molecule has 0 aromatic heterocycles. The van der Waals surface area contributed by atoms with Gasteiger partial charge in [0.25, 0.3) is 0 Å². The minimum Gasteiger partial charge on any atom is -0.355 e. The molecule has 0 spiro atoms. The fraction of sp³-hybridized carbons (Fsp3) is 0.889. The van der Waals surface area contributed by atoms with Gasteiger partial charge in [0.05, 0.1) is 6.54 Å². The molecule has 1 saturated heterocycles. The molecule has 4 heteroatoms. The Kier molecular flexibility index (Phi) is 3.02. The van der Waals surface area contributed by atoms with Crippen molar-refractivity contribution in [3.8, 4) is 0 Å². The molecule has 3 N–H and O–H groups in total. The third kappa shape index (κ3) is 2.59. The predicted molar refractivity (Wildman–Crippen MR) is 53.9 cm³/mol. The van der Waals surface area contributed by atoms with E-state index in [9.17, 15) is 0 Å². The van der Waals surface area contributed by atoms with E-state index >= 15 is 0 Å². The van der Waals surface area contributed by atoms with Crippen molar-refractivity contribution in [1.29, 1.82) is 0 Å². The third-order valence-electron chi connectivity index (χ3n) is 2.59. The lowest BCUT2D eigenvalue weighted by Crippen LogP contribution is -2.41. The van der Waals surface area contributed by atoms with Crippen molar-refractivity contribution in [1.82, 2.24) is 16.0 Å². The fourth-order valence-electron chi connectivity index (χ4n) is 1.85. The lowest BCUT2D eigenvalue weighted by molar-refractivity contribution is 0.541. The minimum atomic E-state index is 0.611. The van der Waals surface area contributed by atoms with Crippen molar-refractivity contribution in [3.63, 3.8) is 0 Å². The van der Waals surface area contributed by atoms with E-state index in [1.807, 2.05) is 0 Å². The van der Waals surface area contributed by atoms with Crippen LogP contribution in [-0.2, 0) is 0 Å². The summed E-state index contributed by atoms with van der Waals surface area (Å²) >= 11 is 0. The molecular weight excluding hydrogens is 164 g/mol. The quantitative estimate of drug-likeness (QED) is 0.521. The van der Waals surface area contributed by atoms with Crippen molar-refractivity contribution < 1.29 is 0 Å². The van der Waals surface area contributed by atoms with Crippen LogP contribution in [0, 0.1) is 0 Å². The first-order valence-corrected chi connectivity index (χ1v) is 5.21. The van der Waals surface area contributed by atoms with Crippen LogP contribution < -0.4 is 16.0 Å². The molecule has 0 radical (unpaired) electrons. The Morgan fingerprint density at radius 3 is 3.08 bits per heavy atom. The Morgan fingerprint density at radius 2 is 2.23 bits per heavy atom. The van der Waals surface area contributed by atoms with Gasteiger partial charge in [0.2, 0.25) is 0 Å². The van der Waals surface area contributed by atoms with E-state index in [4.69, 9.17) is 0 Å². The zero-order chi connectivity index (χ0) is 8.93. The molecule has 0 aromatic carbocycles. The smallest absolute Gasteiger partial charge is 0.191 e. The van der Waals surface area contributed by atoms with Crippen LogP contribution in [0.15, 0.2) is 4.99 Å². The topological polar surface area (TPSA) is 48.5 Å². The van der Waals surface area contributed by atoms with Crippen LogP contribution in [0.3, 0.4) is 0 Å². The Labute approximate surface area is 79.2 Å². The number of hydrogen-bond acceptors (Lipinski definition) is 4. The number of nitrogens with zero attached hydrogens (tertiary/aromatic N) is 1. The van der Waals surface area contributed by atoms with Gasteiger partial charge in [0, 0.05) is 12.6 Å². The van der Waals surface area contributed by atoms with Crippen LogP contribution in [0.25, 0.3) is 0 Å². The van der Waals surface area contributed by atoms with Gasteiger partial charge in [-0.05, 0) is 32.4 Å². The summed E-state index contributed by atoms with van der Waals surface area (Å²) in [4.78, 5) is 4.33. The summed E-state index contributed by atoms with van der Waals surface area (Å²) in [5.41, 5.74) is 0. The van der Waals surface area contributed by atoms with E-state index in [0.717, 1.165) is 32.1 Å².